The molecule has 2 rings (SSSR count). The zero-order valence-electron chi connectivity index (χ0n) is 10.8. The van der Waals surface area contributed by atoms with E-state index in [0.717, 1.165) is 32.5 Å². The van der Waals surface area contributed by atoms with Crippen LogP contribution in [-0.2, 0) is 9.53 Å². The van der Waals surface area contributed by atoms with E-state index >= 15 is 0 Å². The molecule has 2 fully saturated rings. The Bertz CT molecular complexity index is 252. The van der Waals surface area contributed by atoms with E-state index in [1.807, 2.05) is 0 Å². The summed E-state index contributed by atoms with van der Waals surface area (Å²) in [5, 5.41) is 2.99. The number of rotatable bonds is 4. The molecule has 2 aliphatic heterocycles. The summed E-state index contributed by atoms with van der Waals surface area (Å²) >= 11 is 0. The molecule has 0 radical (unpaired) electrons. The van der Waals surface area contributed by atoms with Crippen molar-refractivity contribution in [3.05, 3.63) is 0 Å². The molecule has 0 saturated carbocycles. The topological polar surface area (TPSA) is 41.6 Å². The molecule has 1 N–H and O–H groups in total. The van der Waals surface area contributed by atoms with Crippen LogP contribution in [0.2, 0.25) is 0 Å². The van der Waals surface area contributed by atoms with Crippen molar-refractivity contribution in [2.24, 2.45) is 0 Å². The maximum Gasteiger partial charge on any atom is 0.249 e. The number of amides is 1. The minimum atomic E-state index is -0.186. The standard InChI is InChI=1S/C13H24N2O2/c1-11-5-2-3-8-15(11)9-7-14-13(16)12-6-4-10-17-12/h11-12H,2-10H2,1H3,(H,14,16)/t11-,12+/m0/s1. The Labute approximate surface area is 104 Å². The molecule has 4 nitrogen and oxygen atoms in total. The van der Waals surface area contributed by atoms with Gasteiger partial charge in [0.1, 0.15) is 6.10 Å². The molecule has 17 heavy (non-hydrogen) atoms. The van der Waals surface area contributed by atoms with Crippen molar-refractivity contribution in [2.75, 3.05) is 26.2 Å². The van der Waals surface area contributed by atoms with E-state index in [1.165, 1.54) is 25.8 Å². The second-order valence-electron chi connectivity index (χ2n) is 5.17. The summed E-state index contributed by atoms with van der Waals surface area (Å²) in [4.78, 5) is 14.2. The largest absolute Gasteiger partial charge is 0.368 e. The third kappa shape index (κ3) is 3.68. The van der Waals surface area contributed by atoms with E-state index in [9.17, 15) is 4.79 Å². The lowest BCUT2D eigenvalue weighted by Gasteiger charge is -2.33. The number of nitrogens with zero attached hydrogens (tertiary/aromatic N) is 1. The minimum absolute atomic E-state index is 0.0761. The monoisotopic (exact) mass is 240 g/mol. The molecular formula is C13H24N2O2. The van der Waals surface area contributed by atoms with Gasteiger partial charge in [-0.1, -0.05) is 6.42 Å². The highest BCUT2D eigenvalue weighted by molar-refractivity contribution is 5.80. The van der Waals surface area contributed by atoms with Crippen molar-refractivity contribution in [3.8, 4) is 0 Å². The van der Waals surface area contributed by atoms with Crippen LogP contribution in [0.15, 0.2) is 0 Å². The summed E-state index contributed by atoms with van der Waals surface area (Å²) in [7, 11) is 0. The first-order valence-corrected chi connectivity index (χ1v) is 6.91. The van der Waals surface area contributed by atoms with E-state index < -0.39 is 0 Å². The lowest BCUT2D eigenvalue weighted by Crippen LogP contribution is -2.44. The molecule has 0 aromatic carbocycles. The fourth-order valence-corrected chi connectivity index (χ4v) is 2.71. The predicted octanol–water partition coefficient (Wildman–Crippen LogP) is 1.16. The van der Waals surface area contributed by atoms with Gasteiger partial charge in [0.25, 0.3) is 0 Å². The van der Waals surface area contributed by atoms with Crippen LogP contribution >= 0.6 is 0 Å². The third-order valence-electron chi connectivity index (χ3n) is 3.86. The van der Waals surface area contributed by atoms with Crippen molar-refractivity contribution in [3.63, 3.8) is 0 Å². The lowest BCUT2D eigenvalue weighted by molar-refractivity contribution is -0.130. The molecular weight excluding hydrogens is 216 g/mol. The third-order valence-corrected chi connectivity index (χ3v) is 3.86. The summed E-state index contributed by atoms with van der Waals surface area (Å²) in [5.74, 6) is 0.0761. The highest BCUT2D eigenvalue weighted by Crippen LogP contribution is 2.15. The smallest absolute Gasteiger partial charge is 0.249 e. The number of carbonyl (C=O) groups excluding carboxylic acids is 1. The maximum atomic E-state index is 11.7. The van der Waals surface area contributed by atoms with Gasteiger partial charge >= 0.3 is 0 Å². The van der Waals surface area contributed by atoms with Crippen molar-refractivity contribution in [1.29, 1.82) is 0 Å². The van der Waals surface area contributed by atoms with Gasteiger partial charge in [-0.25, -0.2) is 0 Å². The molecule has 1 amide bonds. The zero-order valence-corrected chi connectivity index (χ0v) is 10.8. The van der Waals surface area contributed by atoms with E-state index in [-0.39, 0.29) is 12.0 Å². The van der Waals surface area contributed by atoms with Crippen LogP contribution in [0.5, 0.6) is 0 Å². The van der Waals surface area contributed by atoms with Gasteiger partial charge in [0.15, 0.2) is 0 Å². The highest BCUT2D eigenvalue weighted by atomic mass is 16.5. The Kier molecular flexibility index (Phi) is 4.80. The van der Waals surface area contributed by atoms with Crippen molar-refractivity contribution in [1.82, 2.24) is 10.2 Å². The van der Waals surface area contributed by atoms with E-state index in [0.29, 0.717) is 6.04 Å². The maximum absolute atomic E-state index is 11.7. The zero-order chi connectivity index (χ0) is 12.1. The second-order valence-corrected chi connectivity index (χ2v) is 5.17. The van der Waals surface area contributed by atoms with Gasteiger partial charge in [0, 0.05) is 25.7 Å². The average molecular weight is 240 g/mol. The number of carbonyl (C=O) groups is 1. The molecule has 98 valence electrons. The van der Waals surface area contributed by atoms with Gasteiger partial charge in [0.2, 0.25) is 5.91 Å². The first kappa shape index (κ1) is 12.8. The van der Waals surface area contributed by atoms with Crippen LogP contribution in [0.4, 0.5) is 0 Å². The molecule has 0 unspecified atom stereocenters. The number of ether oxygens (including phenoxy) is 1. The summed E-state index contributed by atoms with van der Waals surface area (Å²) in [6.45, 7) is 5.92. The van der Waals surface area contributed by atoms with Gasteiger partial charge in [0.05, 0.1) is 0 Å². The Morgan fingerprint density at radius 2 is 2.24 bits per heavy atom. The van der Waals surface area contributed by atoms with Crippen LogP contribution in [0.3, 0.4) is 0 Å². The lowest BCUT2D eigenvalue weighted by atomic mass is 10.0. The van der Waals surface area contributed by atoms with E-state index in [1.54, 1.807) is 0 Å². The Hall–Kier alpha value is -0.610. The van der Waals surface area contributed by atoms with E-state index in [2.05, 4.69) is 17.1 Å². The fourth-order valence-electron chi connectivity index (χ4n) is 2.71. The van der Waals surface area contributed by atoms with Crippen LogP contribution in [-0.4, -0.2) is 49.2 Å². The van der Waals surface area contributed by atoms with Gasteiger partial charge in [-0.2, -0.15) is 0 Å². The van der Waals surface area contributed by atoms with Crippen LogP contribution in [0, 0.1) is 0 Å². The summed E-state index contributed by atoms with van der Waals surface area (Å²) in [6, 6.07) is 0.670. The fraction of sp³-hybridized carbons (Fsp3) is 0.923. The molecule has 0 bridgehead atoms. The average Bonchev–Trinajstić information content (AvgIpc) is 2.85. The van der Waals surface area contributed by atoms with Crippen molar-refractivity contribution in [2.45, 2.75) is 51.2 Å². The Morgan fingerprint density at radius 1 is 1.35 bits per heavy atom. The molecule has 4 heteroatoms. The van der Waals surface area contributed by atoms with Crippen molar-refractivity contribution >= 4 is 5.91 Å². The molecule has 0 aliphatic carbocycles. The van der Waals surface area contributed by atoms with Crippen LogP contribution < -0.4 is 5.32 Å². The molecule has 2 aliphatic rings. The van der Waals surface area contributed by atoms with Crippen LogP contribution in [0.1, 0.15) is 39.0 Å². The number of hydrogen-bond acceptors (Lipinski definition) is 3. The van der Waals surface area contributed by atoms with Gasteiger partial charge < -0.3 is 10.1 Å². The highest BCUT2D eigenvalue weighted by Gasteiger charge is 2.23. The summed E-state index contributed by atoms with van der Waals surface area (Å²) in [5.41, 5.74) is 0. The van der Waals surface area contributed by atoms with Crippen LogP contribution in [0.25, 0.3) is 0 Å². The Balaban J connectivity index is 1.63. The van der Waals surface area contributed by atoms with Gasteiger partial charge in [-0.3, -0.25) is 9.69 Å². The second kappa shape index (κ2) is 6.36. The molecule has 0 aromatic rings. The first-order valence-electron chi connectivity index (χ1n) is 6.91. The first-order chi connectivity index (χ1) is 8.27. The minimum Gasteiger partial charge on any atom is -0.368 e. The number of hydrogen-bond donors (Lipinski definition) is 1. The van der Waals surface area contributed by atoms with Gasteiger partial charge in [-0.05, 0) is 39.2 Å². The van der Waals surface area contributed by atoms with Crippen molar-refractivity contribution < 1.29 is 9.53 Å². The summed E-state index contributed by atoms with van der Waals surface area (Å²) in [6.07, 6.45) is 5.64. The van der Waals surface area contributed by atoms with Gasteiger partial charge in [-0.15, -0.1) is 0 Å². The number of likely N-dealkylation sites (tertiary alicyclic amines) is 1. The molecule has 0 aromatic heterocycles. The normalized spacial score (nSPS) is 30.4. The number of nitrogens with one attached hydrogen (secondary N) is 1. The number of piperidine rings is 1. The SMILES string of the molecule is C[C@H]1CCCCN1CCNC(=O)[C@H]1CCCO1. The molecule has 2 heterocycles. The summed E-state index contributed by atoms with van der Waals surface area (Å²) < 4.78 is 5.35. The molecule has 0 spiro atoms. The molecule has 2 atom stereocenters. The predicted molar refractivity (Wildman–Crippen MR) is 66.9 cm³/mol. The Morgan fingerprint density at radius 3 is 2.94 bits per heavy atom. The molecule has 2 saturated heterocycles. The quantitative estimate of drug-likeness (QED) is 0.801. The van der Waals surface area contributed by atoms with E-state index in [4.69, 9.17) is 4.74 Å².